The van der Waals surface area contributed by atoms with Crippen molar-refractivity contribution in [2.24, 2.45) is 0 Å². The predicted octanol–water partition coefficient (Wildman–Crippen LogP) is 3.17. The maximum atomic E-state index is 11.1. The normalized spacial score (nSPS) is 20.4. The molecule has 0 aromatic heterocycles. The van der Waals surface area contributed by atoms with Crippen LogP contribution < -0.4 is 0 Å². The molecular weight excluding hydrogens is 240 g/mol. The van der Waals surface area contributed by atoms with Gasteiger partial charge in [-0.2, -0.15) is 0 Å². The van der Waals surface area contributed by atoms with Gasteiger partial charge in [0.15, 0.2) is 0 Å². The van der Waals surface area contributed by atoms with E-state index in [0.29, 0.717) is 5.75 Å². The summed E-state index contributed by atoms with van der Waals surface area (Å²) >= 11 is 0. The molecule has 3 heteroatoms. The molecule has 2 aliphatic rings. The van der Waals surface area contributed by atoms with E-state index in [2.05, 4.69) is 0 Å². The van der Waals surface area contributed by atoms with Crippen LogP contribution >= 0.6 is 0 Å². The minimum atomic E-state index is -0.761. The van der Waals surface area contributed by atoms with Gasteiger partial charge < -0.3 is 10.2 Å². The Balaban J connectivity index is 2.07. The Labute approximate surface area is 113 Å². The van der Waals surface area contributed by atoms with E-state index in [1.165, 1.54) is 24.0 Å². The molecule has 0 heterocycles. The van der Waals surface area contributed by atoms with Gasteiger partial charge in [-0.05, 0) is 55.7 Å². The van der Waals surface area contributed by atoms with Gasteiger partial charge in [0.2, 0.25) is 0 Å². The van der Waals surface area contributed by atoms with Crippen LogP contribution in [0, 0.1) is 0 Å². The van der Waals surface area contributed by atoms with Crippen molar-refractivity contribution in [3.63, 3.8) is 0 Å². The van der Waals surface area contributed by atoms with Crippen LogP contribution in [0.4, 0.5) is 0 Å². The Bertz CT molecular complexity index is 515. The molecule has 1 fully saturated rings. The Morgan fingerprint density at radius 1 is 1.16 bits per heavy atom. The third-order valence-corrected chi connectivity index (χ3v) is 4.63. The van der Waals surface area contributed by atoms with Crippen LogP contribution in [0.1, 0.15) is 55.2 Å². The molecule has 0 saturated heterocycles. The van der Waals surface area contributed by atoms with Crippen LogP contribution in [0.15, 0.2) is 12.1 Å². The zero-order chi connectivity index (χ0) is 13.5. The highest BCUT2D eigenvalue weighted by Crippen LogP contribution is 2.55. The molecule has 0 radical (unpaired) electrons. The Hall–Kier alpha value is -1.51. The molecule has 1 saturated carbocycles. The van der Waals surface area contributed by atoms with Crippen molar-refractivity contribution in [3.8, 4) is 5.75 Å². The lowest BCUT2D eigenvalue weighted by molar-refractivity contribution is -0.137. The maximum Gasteiger partial charge on any atom is 0.304 e. The summed E-state index contributed by atoms with van der Waals surface area (Å²) in [6, 6.07) is 3.79. The van der Waals surface area contributed by atoms with Crippen molar-refractivity contribution in [1.82, 2.24) is 0 Å². The zero-order valence-corrected chi connectivity index (χ0v) is 11.1. The second kappa shape index (κ2) is 4.55. The number of phenols is 1. The number of hydrogen-bond donors (Lipinski definition) is 2. The number of hydrogen-bond acceptors (Lipinski definition) is 2. The molecule has 1 aromatic rings. The number of carbonyl (C=O) groups is 1. The molecule has 0 spiro atoms. The van der Waals surface area contributed by atoms with Gasteiger partial charge in [0.05, 0.1) is 6.42 Å². The fourth-order valence-electron chi connectivity index (χ4n) is 3.54. The first-order chi connectivity index (χ1) is 9.12. The molecular formula is C16H20O3. The second-order valence-electron chi connectivity index (χ2n) is 6.01. The summed E-state index contributed by atoms with van der Waals surface area (Å²) in [5, 5.41) is 19.4. The fourth-order valence-corrected chi connectivity index (χ4v) is 3.54. The van der Waals surface area contributed by atoms with Crippen LogP contribution in [0.2, 0.25) is 0 Å². The van der Waals surface area contributed by atoms with Crippen molar-refractivity contribution >= 4 is 5.97 Å². The largest absolute Gasteiger partial charge is 0.508 e. The van der Waals surface area contributed by atoms with Crippen molar-refractivity contribution in [2.45, 2.75) is 56.8 Å². The van der Waals surface area contributed by atoms with E-state index in [1.807, 2.05) is 6.07 Å². The first kappa shape index (κ1) is 12.5. The summed E-state index contributed by atoms with van der Waals surface area (Å²) in [7, 11) is 0. The third-order valence-electron chi connectivity index (χ3n) is 4.63. The van der Waals surface area contributed by atoms with Gasteiger partial charge in [0, 0.05) is 11.0 Å². The Kier molecular flexibility index (Phi) is 3.00. The standard InChI is InChI=1S/C16H20O3/c17-13-7-6-11-4-2-1-3-5-12(11)15(13)16(8-9-16)10-14(18)19/h6-7,17H,1-5,8-10H2,(H,18,19). The highest BCUT2D eigenvalue weighted by Gasteiger charge is 2.49. The molecule has 3 nitrogen and oxygen atoms in total. The first-order valence-corrected chi connectivity index (χ1v) is 7.18. The highest BCUT2D eigenvalue weighted by atomic mass is 16.4. The molecule has 0 amide bonds. The zero-order valence-electron chi connectivity index (χ0n) is 11.1. The van der Waals surface area contributed by atoms with Gasteiger partial charge in [-0.15, -0.1) is 0 Å². The van der Waals surface area contributed by atoms with E-state index < -0.39 is 5.97 Å². The average molecular weight is 260 g/mol. The van der Waals surface area contributed by atoms with E-state index >= 15 is 0 Å². The molecule has 2 N–H and O–H groups in total. The number of aromatic hydroxyl groups is 1. The van der Waals surface area contributed by atoms with E-state index in [9.17, 15) is 9.90 Å². The van der Waals surface area contributed by atoms with Crippen LogP contribution in [0.25, 0.3) is 0 Å². The van der Waals surface area contributed by atoms with Gasteiger partial charge in [-0.3, -0.25) is 4.79 Å². The minimum absolute atomic E-state index is 0.150. The number of aryl methyl sites for hydroxylation is 1. The fraction of sp³-hybridized carbons (Fsp3) is 0.562. The lowest BCUT2D eigenvalue weighted by atomic mass is 9.84. The summed E-state index contributed by atoms with van der Waals surface area (Å²) in [5.41, 5.74) is 3.23. The summed E-state index contributed by atoms with van der Waals surface area (Å²) in [6.07, 6.45) is 7.55. The lowest BCUT2D eigenvalue weighted by Gasteiger charge is -2.21. The van der Waals surface area contributed by atoms with Gasteiger partial charge in [0.1, 0.15) is 5.75 Å². The molecule has 0 unspecified atom stereocenters. The molecule has 0 bridgehead atoms. The molecule has 19 heavy (non-hydrogen) atoms. The van der Waals surface area contributed by atoms with E-state index in [4.69, 9.17) is 5.11 Å². The number of phenolic OH excluding ortho intramolecular Hbond substituents is 1. The number of rotatable bonds is 3. The highest BCUT2D eigenvalue weighted by molar-refractivity contribution is 5.71. The second-order valence-corrected chi connectivity index (χ2v) is 6.01. The summed E-state index contributed by atoms with van der Waals surface area (Å²) in [6.45, 7) is 0. The van der Waals surface area contributed by atoms with Gasteiger partial charge >= 0.3 is 5.97 Å². The van der Waals surface area contributed by atoms with Crippen molar-refractivity contribution in [1.29, 1.82) is 0 Å². The molecule has 0 atom stereocenters. The van der Waals surface area contributed by atoms with Crippen molar-refractivity contribution < 1.29 is 15.0 Å². The Morgan fingerprint density at radius 3 is 2.58 bits per heavy atom. The third kappa shape index (κ3) is 2.22. The molecule has 0 aliphatic heterocycles. The average Bonchev–Trinajstić information content (AvgIpc) is 3.12. The number of aliphatic carboxylic acids is 1. The minimum Gasteiger partial charge on any atom is -0.508 e. The number of fused-ring (bicyclic) bond motifs is 1. The van der Waals surface area contributed by atoms with Crippen LogP contribution in [-0.4, -0.2) is 16.2 Å². The first-order valence-electron chi connectivity index (χ1n) is 7.18. The quantitative estimate of drug-likeness (QED) is 0.821. The van der Waals surface area contributed by atoms with Crippen molar-refractivity contribution in [2.75, 3.05) is 0 Å². The maximum absolute atomic E-state index is 11.1. The monoisotopic (exact) mass is 260 g/mol. The SMILES string of the molecule is O=C(O)CC1(c2c(O)ccc3c2CCCCC3)CC1. The van der Waals surface area contributed by atoms with Gasteiger partial charge in [-0.1, -0.05) is 12.5 Å². The summed E-state index contributed by atoms with van der Waals surface area (Å²) in [4.78, 5) is 11.1. The Morgan fingerprint density at radius 2 is 1.89 bits per heavy atom. The van der Waals surface area contributed by atoms with Crippen LogP contribution in [-0.2, 0) is 23.1 Å². The predicted molar refractivity (Wildman–Crippen MR) is 72.5 cm³/mol. The van der Waals surface area contributed by atoms with E-state index in [0.717, 1.165) is 37.7 Å². The van der Waals surface area contributed by atoms with Crippen LogP contribution in [0.3, 0.4) is 0 Å². The number of carboxylic acid groups (broad SMARTS) is 1. The summed E-state index contributed by atoms with van der Waals surface area (Å²) in [5.74, 6) is -0.456. The summed E-state index contributed by atoms with van der Waals surface area (Å²) < 4.78 is 0. The van der Waals surface area contributed by atoms with Crippen LogP contribution in [0.5, 0.6) is 5.75 Å². The molecule has 102 valence electrons. The van der Waals surface area contributed by atoms with Gasteiger partial charge in [-0.25, -0.2) is 0 Å². The van der Waals surface area contributed by atoms with Crippen molar-refractivity contribution in [3.05, 3.63) is 28.8 Å². The lowest BCUT2D eigenvalue weighted by Crippen LogP contribution is -2.16. The molecule has 2 aliphatic carbocycles. The number of benzene rings is 1. The number of carboxylic acids is 1. The smallest absolute Gasteiger partial charge is 0.304 e. The van der Waals surface area contributed by atoms with E-state index in [-0.39, 0.29) is 11.8 Å². The topological polar surface area (TPSA) is 57.5 Å². The van der Waals surface area contributed by atoms with E-state index in [1.54, 1.807) is 6.07 Å². The van der Waals surface area contributed by atoms with Gasteiger partial charge in [0.25, 0.3) is 0 Å². The molecule has 3 rings (SSSR count). The molecule has 1 aromatic carbocycles.